The lowest BCUT2D eigenvalue weighted by atomic mass is 10.2. The summed E-state index contributed by atoms with van der Waals surface area (Å²) >= 11 is 0. The molecule has 4 nitrogen and oxygen atoms in total. The number of esters is 2. The van der Waals surface area contributed by atoms with Gasteiger partial charge in [-0.25, -0.2) is 4.79 Å². The molecule has 0 saturated heterocycles. The topological polar surface area (TPSA) is 52.6 Å². The lowest BCUT2D eigenvalue weighted by molar-refractivity contribution is -0.236. The Morgan fingerprint density at radius 1 is 1.24 bits per heavy atom. The van der Waals surface area contributed by atoms with Crippen molar-refractivity contribution in [3.05, 3.63) is 12.2 Å². The second-order valence-electron chi connectivity index (χ2n) is 3.43. The highest BCUT2D eigenvalue weighted by molar-refractivity contribution is 5.87. The average Bonchev–Trinajstić information content (AvgIpc) is 2.15. The van der Waals surface area contributed by atoms with Gasteiger partial charge in [-0.15, -0.1) is 0 Å². The van der Waals surface area contributed by atoms with Crippen molar-refractivity contribution in [1.82, 2.24) is 0 Å². The fourth-order valence-electron chi connectivity index (χ4n) is 0.749. The molecule has 0 saturated carbocycles. The third-order valence-electron chi connectivity index (χ3n) is 1.75. The van der Waals surface area contributed by atoms with Gasteiger partial charge in [0, 0.05) is 12.5 Å². The predicted molar refractivity (Wildman–Crippen MR) is 52.0 cm³/mol. The summed E-state index contributed by atoms with van der Waals surface area (Å²) in [6, 6.07) is 0. The van der Waals surface area contributed by atoms with Crippen LogP contribution in [0.3, 0.4) is 0 Å². The van der Waals surface area contributed by atoms with Crippen LogP contribution in [0.4, 0.5) is 13.2 Å². The molecule has 0 fully saturated rings. The summed E-state index contributed by atoms with van der Waals surface area (Å²) in [7, 11) is 0. The van der Waals surface area contributed by atoms with E-state index in [0.29, 0.717) is 0 Å². The molecule has 0 aromatic rings. The summed E-state index contributed by atoms with van der Waals surface area (Å²) in [5, 5.41) is 0. The molecule has 0 amide bonds. The van der Waals surface area contributed by atoms with Gasteiger partial charge < -0.3 is 9.47 Å². The molecule has 0 aliphatic carbocycles. The Bertz CT molecular complexity index is 328. The minimum absolute atomic E-state index is 0.101. The maximum atomic E-state index is 13.2. The maximum absolute atomic E-state index is 13.2. The van der Waals surface area contributed by atoms with E-state index < -0.39 is 30.3 Å². The second kappa shape index (κ2) is 5.70. The summed E-state index contributed by atoms with van der Waals surface area (Å²) < 4.78 is 47.4. The van der Waals surface area contributed by atoms with Crippen LogP contribution >= 0.6 is 0 Å². The van der Waals surface area contributed by atoms with Gasteiger partial charge in [-0.05, 0) is 13.8 Å². The zero-order chi connectivity index (χ0) is 13.8. The number of halogens is 3. The van der Waals surface area contributed by atoms with E-state index in [0.717, 1.165) is 13.8 Å². The van der Waals surface area contributed by atoms with Crippen molar-refractivity contribution >= 4 is 11.9 Å². The molecule has 0 bridgehead atoms. The molecule has 0 aromatic heterocycles. The molecule has 2 atom stereocenters. The highest BCUT2D eigenvalue weighted by Gasteiger charge is 2.50. The van der Waals surface area contributed by atoms with E-state index in [1.807, 2.05) is 0 Å². The minimum Gasteiger partial charge on any atom is -0.453 e. The van der Waals surface area contributed by atoms with Gasteiger partial charge in [0.05, 0.1) is 0 Å². The van der Waals surface area contributed by atoms with E-state index in [9.17, 15) is 22.8 Å². The zero-order valence-corrected chi connectivity index (χ0v) is 9.63. The van der Waals surface area contributed by atoms with Gasteiger partial charge in [0.25, 0.3) is 0 Å². The number of hydrogen-bond donors (Lipinski definition) is 0. The first kappa shape index (κ1) is 15.5. The van der Waals surface area contributed by atoms with E-state index in [2.05, 4.69) is 16.1 Å². The molecular weight excluding hydrogens is 241 g/mol. The Kier molecular flexibility index (Phi) is 5.18. The number of ether oxygens (including phenoxy) is 2. The van der Waals surface area contributed by atoms with Crippen LogP contribution in [-0.2, 0) is 19.1 Å². The Morgan fingerprint density at radius 3 is 2.06 bits per heavy atom. The first-order chi connectivity index (χ1) is 7.59. The number of carbonyl (C=O) groups excluding carboxylic acids is 2. The zero-order valence-electron chi connectivity index (χ0n) is 9.63. The summed E-state index contributed by atoms with van der Waals surface area (Å²) in [5.74, 6) is -6.40. The average molecular weight is 254 g/mol. The van der Waals surface area contributed by atoms with E-state index in [4.69, 9.17) is 0 Å². The number of hydrogen-bond acceptors (Lipinski definition) is 4. The largest absolute Gasteiger partial charge is 0.453 e. The standard InChI is InChI=1S/C10H13F3O4/c1-5(2)8(15)16-6(3)10(12,13)9(11)17-7(4)14/h6,9H,1H2,2-4H3. The van der Waals surface area contributed by atoms with Crippen molar-refractivity contribution in [3.8, 4) is 0 Å². The Labute approximate surface area is 96.4 Å². The normalized spacial score (nSPS) is 14.7. The first-order valence-corrected chi connectivity index (χ1v) is 4.64. The number of alkyl halides is 3. The van der Waals surface area contributed by atoms with Crippen molar-refractivity contribution in [1.29, 1.82) is 0 Å². The SMILES string of the molecule is C=C(C)C(=O)OC(C)C(F)(F)C(F)OC(C)=O. The smallest absolute Gasteiger partial charge is 0.349 e. The van der Waals surface area contributed by atoms with Crippen LogP contribution in [-0.4, -0.2) is 30.3 Å². The van der Waals surface area contributed by atoms with Crippen LogP contribution < -0.4 is 0 Å². The molecule has 0 aliphatic heterocycles. The van der Waals surface area contributed by atoms with E-state index in [-0.39, 0.29) is 5.57 Å². The molecule has 0 radical (unpaired) electrons. The van der Waals surface area contributed by atoms with Gasteiger partial charge in [-0.3, -0.25) is 4.79 Å². The summed E-state index contributed by atoms with van der Waals surface area (Å²) in [6.45, 7) is 6.01. The minimum atomic E-state index is -4.13. The molecule has 17 heavy (non-hydrogen) atoms. The highest BCUT2D eigenvalue weighted by atomic mass is 19.3. The van der Waals surface area contributed by atoms with Gasteiger partial charge in [-0.1, -0.05) is 6.58 Å². The summed E-state index contributed by atoms with van der Waals surface area (Å²) in [4.78, 5) is 21.3. The number of rotatable bonds is 5. The Hall–Kier alpha value is -1.53. The first-order valence-electron chi connectivity index (χ1n) is 4.64. The van der Waals surface area contributed by atoms with Crippen LogP contribution in [0.5, 0.6) is 0 Å². The molecule has 2 unspecified atom stereocenters. The molecule has 0 aromatic carbocycles. The molecular formula is C10H13F3O4. The third kappa shape index (κ3) is 4.46. The predicted octanol–water partition coefficient (Wildman–Crippen LogP) is 1.99. The Balaban J connectivity index is 4.63. The molecule has 7 heteroatoms. The fraction of sp³-hybridized carbons (Fsp3) is 0.600. The fourth-order valence-corrected chi connectivity index (χ4v) is 0.749. The molecule has 0 rings (SSSR count). The Morgan fingerprint density at radius 2 is 1.71 bits per heavy atom. The van der Waals surface area contributed by atoms with Crippen LogP contribution in [0.25, 0.3) is 0 Å². The third-order valence-corrected chi connectivity index (χ3v) is 1.75. The van der Waals surface area contributed by atoms with Crippen molar-refractivity contribution in [3.63, 3.8) is 0 Å². The monoisotopic (exact) mass is 254 g/mol. The van der Waals surface area contributed by atoms with E-state index in [1.54, 1.807) is 0 Å². The van der Waals surface area contributed by atoms with E-state index in [1.165, 1.54) is 6.92 Å². The second-order valence-corrected chi connectivity index (χ2v) is 3.43. The van der Waals surface area contributed by atoms with Crippen molar-refractivity contribution in [2.75, 3.05) is 0 Å². The highest BCUT2D eigenvalue weighted by Crippen LogP contribution is 2.29. The van der Waals surface area contributed by atoms with Gasteiger partial charge >= 0.3 is 24.2 Å². The van der Waals surface area contributed by atoms with Gasteiger partial charge in [0.2, 0.25) is 0 Å². The summed E-state index contributed by atoms with van der Waals surface area (Å²) in [6.07, 6.45) is -5.26. The van der Waals surface area contributed by atoms with Crippen molar-refractivity contribution in [2.45, 2.75) is 39.2 Å². The van der Waals surface area contributed by atoms with E-state index >= 15 is 0 Å². The van der Waals surface area contributed by atoms with Gasteiger partial charge in [0.15, 0.2) is 6.10 Å². The van der Waals surface area contributed by atoms with Crippen LogP contribution in [0.15, 0.2) is 12.2 Å². The van der Waals surface area contributed by atoms with Crippen molar-refractivity contribution < 1.29 is 32.2 Å². The van der Waals surface area contributed by atoms with Crippen LogP contribution in [0.2, 0.25) is 0 Å². The molecule has 0 aliphatic rings. The summed E-state index contributed by atoms with van der Waals surface area (Å²) in [5.41, 5.74) is -0.101. The van der Waals surface area contributed by atoms with Crippen LogP contribution in [0, 0.1) is 0 Å². The molecule has 0 spiro atoms. The molecule has 0 N–H and O–H groups in total. The lowest BCUT2D eigenvalue weighted by Gasteiger charge is -2.25. The molecule has 98 valence electrons. The van der Waals surface area contributed by atoms with Crippen LogP contribution in [0.1, 0.15) is 20.8 Å². The molecule has 0 heterocycles. The maximum Gasteiger partial charge on any atom is 0.349 e. The number of carbonyl (C=O) groups is 2. The van der Waals surface area contributed by atoms with Crippen molar-refractivity contribution in [2.24, 2.45) is 0 Å². The van der Waals surface area contributed by atoms with Gasteiger partial charge in [-0.2, -0.15) is 13.2 Å². The lowest BCUT2D eigenvalue weighted by Crippen LogP contribution is -2.45. The quantitative estimate of drug-likeness (QED) is 0.556. The van der Waals surface area contributed by atoms with Gasteiger partial charge in [0.1, 0.15) is 0 Å².